The molecule has 146 valence electrons. The molecule has 0 bridgehead atoms. The van der Waals surface area contributed by atoms with Crippen molar-refractivity contribution in [3.8, 4) is 17.1 Å². The van der Waals surface area contributed by atoms with Gasteiger partial charge in [-0.3, -0.25) is 0 Å². The van der Waals surface area contributed by atoms with Gasteiger partial charge in [0.05, 0.1) is 23.8 Å². The lowest BCUT2D eigenvalue weighted by Crippen LogP contribution is -2.46. The molecule has 0 saturated carbocycles. The van der Waals surface area contributed by atoms with Gasteiger partial charge in [0.2, 0.25) is 0 Å². The molecule has 1 aliphatic heterocycles. The third-order valence-electron chi connectivity index (χ3n) is 5.60. The number of nitrogens with zero attached hydrogens (tertiary/aromatic N) is 3. The second-order valence-electron chi connectivity index (χ2n) is 7.30. The van der Waals surface area contributed by atoms with Crippen molar-refractivity contribution in [1.82, 2.24) is 9.97 Å². The van der Waals surface area contributed by atoms with Crippen LogP contribution in [0.25, 0.3) is 22.4 Å². The number of imidazole rings is 1. The number of H-pyrrole nitrogens is 1. The Labute approximate surface area is 170 Å². The Morgan fingerprint density at radius 1 is 0.793 bits per heavy atom. The van der Waals surface area contributed by atoms with E-state index in [9.17, 15) is 0 Å². The monoisotopic (exact) mass is 384 g/mol. The first kappa shape index (κ1) is 17.6. The normalized spacial score (nSPS) is 14.4. The zero-order valence-electron chi connectivity index (χ0n) is 16.5. The Kier molecular flexibility index (Phi) is 4.56. The number of piperazine rings is 1. The number of nitrogens with one attached hydrogen (secondary N) is 1. The molecular weight excluding hydrogens is 360 g/mol. The number of hydrogen-bond acceptors (Lipinski definition) is 4. The molecule has 1 N–H and O–H groups in total. The van der Waals surface area contributed by atoms with E-state index < -0.39 is 0 Å². The summed E-state index contributed by atoms with van der Waals surface area (Å²) in [5.74, 6) is 1.86. The van der Waals surface area contributed by atoms with Crippen LogP contribution in [0.2, 0.25) is 0 Å². The van der Waals surface area contributed by atoms with E-state index in [1.807, 2.05) is 30.3 Å². The number of fused-ring (bicyclic) bond motifs is 1. The SMILES string of the molecule is COc1ccccc1N1CCN(c2ccc(-c3nc4ccccc4[nH]3)cc2)CC1. The zero-order valence-corrected chi connectivity index (χ0v) is 16.5. The van der Waals surface area contributed by atoms with Gasteiger partial charge in [-0.1, -0.05) is 24.3 Å². The third-order valence-corrected chi connectivity index (χ3v) is 5.60. The van der Waals surface area contributed by atoms with Crippen molar-refractivity contribution in [3.63, 3.8) is 0 Å². The number of hydrogen-bond donors (Lipinski definition) is 1. The molecule has 1 fully saturated rings. The number of aromatic amines is 1. The molecule has 4 aromatic rings. The van der Waals surface area contributed by atoms with Crippen molar-refractivity contribution in [1.29, 1.82) is 0 Å². The lowest BCUT2D eigenvalue weighted by Gasteiger charge is -2.37. The first-order chi connectivity index (χ1) is 14.3. The fourth-order valence-electron chi connectivity index (χ4n) is 4.02. The van der Waals surface area contributed by atoms with Crippen LogP contribution in [0, 0.1) is 0 Å². The molecule has 0 amide bonds. The van der Waals surface area contributed by atoms with E-state index in [4.69, 9.17) is 9.72 Å². The molecule has 0 unspecified atom stereocenters. The number of benzene rings is 3. The molecule has 1 aromatic heterocycles. The van der Waals surface area contributed by atoms with Crippen LogP contribution in [0.4, 0.5) is 11.4 Å². The van der Waals surface area contributed by atoms with Crippen molar-refractivity contribution in [2.45, 2.75) is 0 Å². The summed E-state index contributed by atoms with van der Waals surface area (Å²) in [6.07, 6.45) is 0. The van der Waals surface area contributed by atoms with Gasteiger partial charge in [-0.15, -0.1) is 0 Å². The minimum Gasteiger partial charge on any atom is -0.495 e. The second-order valence-corrected chi connectivity index (χ2v) is 7.30. The molecule has 0 atom stereocenters. The average molecular weight is 384 g/mol. The molecule has 2 heterocycles. The van der Waals surface area contributed by atoms with Crippen molar-refractivity contribution in [3.05, 3.63) is 72.8 Å². The van der Waals surface area contributed by atoms with Gasteiger partial charge >= 0.3 is 0 Å². The van der Waals surface area contributed by atoms with Crippen LogP contribution in [-0.4, -0.2) is 43.3 Å². The Morgan fingerprint density at radius 2 is 1.48 bits per heavy atom. The summed E-state index contributed by atoms with van der Waals surface area (Å²) in [5.41, 5.74) is 5.61. The van der Waals surface area contributed by atoms with Crippen molar-refractivity contribution in [2.75, 3.05) is 43.1 Å². The molecule has 1 aliphatic rings. The van der Waals surface area contributed by atoms with Gasteiger partial charge in [0.1, 0.15) is 11.6 Å². The van der Waals surface area contributed by atoms with Crippen LogP contribution in [0.5, 0.6) is 5.75 Å². The van der Waals surface area contributed by atoms with Gasteiger partial charge in [0.25, 0.3) is 0 Å². The summed E-state index contributed by atoms with van der Waals surface area (Å²) in [6, 6.07) is 25.1. The highest BCUT2D eigenvalue weighted by molar-refractivity contribution is 5.79. The molecule has 5 rings (SSSR count). The van der Waals surface area contributed by atoms with E-state index in [1.54, 1.807) is 7.11 Å². The maximum atomic E-state index is 5.52. The van der Waals surface area contributed by atoms with Gasteiger partial charge in [-0.2, -0.15) is 0 Å². The Morgan fingerprint density at radius 3 is 2.24 bits per heavy atom. The van der Waals surface area contributed by atoms with E-state index in [0.717, 1.165) is 54.3 Å². The summed E-state index contributed by atoms with van der Waals surface area (Å²) in [6.45, 7) is 3.93. The number of para-hydroxylation sites is 4. The van der Waals surface area contributed by atoms with Crippen LogP contribution in [-0.2, 0) is 0 Å². The van der Waals surface area contributed by atoms with Crippen molar-refractivity contribution >= 4 is 22.4 Å². The van der Waals surface area contributed by atoms with E-state index in [-0.39, 0.29) is 0 Å². The largest absolute Gasteiger partial charge is 0.495 e. The summed E-state index contributed by atoms with van der Waals surface area (Å²) in [7, 11) is 1.73. The first-order valence-corrected chi connectivity index (χ1v) is 10.00. The van der Waals surface area contributed by atoms with Gasteiger partial charge in [-0.25, -0.2) is 4.98 Å². The number of rotatable bonds is 4. The average Bonchev–Trinajstić information content (AvgIpc) is 3.24. The summed E-state index contributed by atoms with van der Waals surface area (Å²) >= 11 is 0. The molecule has 5 heteroatoms. The van der Waals surface area contributed by atoms with E-state index in [0.29, 0.717) is 0 Å². The highest BCUT2D eigenvalue weighted by Gasteiger charge is 2.19. The lowest BCUT2D eigenvalue weighted by atomic mass is 10.1. The second kappa shape index (κ2) is 7.51. The fraction of sp³-hybridized carbons (Fsp3) is 0.208. The first-order valence-electron chi connectivity index (χ1n) is 10.00. The standard InChI is InChI=1S/C24H24N4O/c1-29-23-9-5-4-8-22(23)28-16-14-27(15-17-28)19-12-10-18(11-13-19)24-25-20-6-2-3-7-21(20)26-24/h2-13H,14-17H2,1H3,(H,25,26). The van der Waals surface area contributed by atoms with Crippen LogP contribution >= 0.6 is 0 Å². The zero-order chi connectivity index (χ0) is 19.6. The molecule has 0 radical (unpaired) electrons. The van der Waals surface area contributed by atoms with Crippen molar-refractivity contribution < 1.29 is 4.74 Å². The minimum atomic E-state index is 0.916. The van der Waals surface area contributed by atoms with Crippen LogP contribution in [0.3, 0.4) is 0 Å². The van der Waals surface area contributed by atoms with E-state index >= 15 is 0 Å². The van der Waals surface area contributed by atoms with Crippen LogP contribution < -0.4 is 14.5 Å². The lowest BCUT2D eigenvalue weighted by molar-refractivity contribution is 0.413. The highest BCUT2D eigenvalue weighted by Crippen LogP contribution is 2.30. The number of ether oxygens (including phenoxy) is 1. The van der Waals surface area contributed by atoms with Crippen LogP contribution in [0.15, 0.2) is 72.8 Å². The van der Waals surface area contributed by atoms with E-state index in [1.165, 1.54) is 11.4 Å². The summed E-state index contributed by atoms with van der Waals surface area (Å²) in [4.78, 5) is 12.9. The molecule has 29 heavy (non-hydrogen) atoms. The maximum absolute atomic E-state index is 5.52. The summed E-state index contributed by atoms with van der Waals surface area (Å²) < 4.78 is 5.52. The molecule has 3 aromatic carbocycles. The Balaban J connectivity index is 1.29. The molecular formula is C24H24N4O. The maximum Gasteiger partial charge on any atom is 0.142 e. The van der Waals surface area contributed by atoms with Crippen LogP contribution in [0.1, 0.15) is 0 Å². The van der Waals surface area contributed by atoms with Gasteiger partial charge in [0, 0.05) is 37.4 Å². The third kappa shape index (κ3) is 3.40. The van der Waals surface area contributed by atoms with Gasteiger partial charge < -0.3 is 19.5 Å². The van der Waals surface area contributed by atoms with E-state index in [2.05, 4.69) is 57.2 Å². The van der Waals surface area contributed by atoms with Gasteiger partial charge in [0.15, 0.2) is 0 Å². The molecule has 0 spiro atoms. The quantitative estimate of drug-likeness (QED) is 0.560. The molecule has 1 saturated heterocycles. The predicted molar refractivity (Wildman–Crippen MR) is 119 cm³/mol. The number of anilines is 2. The molecule has 5 nitrogen and oxygen atoms in total. The minimum absolute atomic E-state index is 0.916. The Hall–Kier alpha value is -3.47. The molecule has 0 aliphatic carbocycles. The Bertz CT molecular complexity index is 1080. The van der Waals surface area contributed by atoms with Gasteiger partial charge in [-0.05, 0) is 48.5 Å². The topological polar surface area (TPSA) is 44.4 Å². The fourth-order valence-corrected chi connectivity index (χ4v) is 4.02. The number of methoxy groups -OCH3 is 1. The summed E-state index contributed by atoms with van der Waals surface area (Å²) in [5, 5.41) is 0. The van der Waals surface area contributed by atoms with Crippen molar-refractivity contribution in [2.24, 2.45) is 0 Å². The highest BCUT2D eigenvalue weighted by atomic mass is 16.5. The smallest absolute Gasteiger partial charge is 0.142 e. The number of aromatic nitrogens is 2. The predicted octanol–water partition coefficient (Wildman–Crippen LogP) is 4.57.